The Labute approximate surface area is 141 Å². The van der Waals surface area contributed by atoms with Gasteiger partial charge in [0, 0.05) is 17.6 Å². The first-order valence-corrected chi connectivity index (χ1v) is 8.21. The monoisotopic (exact) mass is 333 g/mol. The maximum atomic E-state index is 13.6. The van der Waals surface area contributed by atoms with Gasteiger partial charge in [0.05, 0.1) is 6.04 Å². The Morgan fingerprint density at radius 3 is 2.48 bits per heavy atom. The molecule has 0 spiro atoms. The van der Waals surface area contributed by atoms with E-state index in [9.17, 15) is 9.18 Å². The highest BCUT2D eigenvalue weighted by Crippen LogP contribution is 2.32. The van der Waals surface area contributed by atoms with Gasteiger partial charge in [-0.15, -0.1) is 0 Å². The largest absolute Gasteiger partial charge is 0.305 e. The lowest BCUT2D eigenvalue weighted by Gasteiger charge is -2.31. The molecule has 2 rings (SSSR count). The van der Waals surface area contributed by atoms with Crippen molar-refractivity contribution in [1.29, 1.82) is 0 Å². The van der Waals surface area contributed by atoms with Crippen LogP contribution in [0.15, 0.2) is 48.5 Å². The summed E-state index contributed by atoms with van der Waals surface area (Å²) in [5.41, 5.74) is 1.58. The summed E-state index contributed by atoms with van der Waals surface area (Å²) >= 11 is 5.94. The topological polar surface area (TPSA) is 20.3 Å². The summed E-state index contributed by atoms with van der Waals surface area (Å²) in [4.78, 5) is 14.0. The number of unbranched alkanes of at least 4 members (excludes halogenated alkanes) is 1. The molecule has 2 nitrogen and oxygen atoms in total. The fourth-order valence-electron chi connectivity index (χ4n) is 2.74. The van der Waals surface area contributed by atoms with Crippen molar-refractivity contribution in [3.8, 4) is 0 Å². The number of hydrogen-bond donors (Lipinski definition) is 0. The van der Waals surface area contributed by atoms with Crippen molar-refractivity contribution in [3.05, 3.63) is 64.9 Å². The number of carbonyl (C=O) groups excluding carboxylic acids is 1. The van der Waals surface area contributed by atoms with Crippen molar-refractivity contribution in [2.24, 2.45) is 0 Å². The standard InChI is InChI=1S/C19H21ClFNO/c1-3-4-8-19(15-6-5-7-17(21)13-15)22(14(2)23)18-11-9-16(20)10-12-18/h5-7,9-13,19H,3-4,8H2,1-2H3/t19-/m1/s1. The van der Waals surface area contributed by atoms with Crippen molar-refractivity contribution in [3.63, 3.8) is 0 Å². The van der Waals surface area contributed by atoms with Crippen LogP contribution in [0.1, 0.15) is 44.7 Å². The van der Waals surface area contributed by atoms with Crippen LogP contribution in [0, 0.1) is 5.82 Å². The molecule has 0 saturated carbocycles. The zero-order chi connectivity index (χ0) is 16.8. The molecule has 0 unspecified atom stereocenters. The molecule has 0 aliphatic rings. The van der Waals surface area contributed by atoms with Crippen molar-refractivity contribution in [1.82, 2.24) is 0 Å². The summed E-state index contributed by atoms with van der Waals surface area (Å²) in [6.45, 7) is 3.63. The minimum absolute atomic E-state index is 0.0716. The highest BCUT2D eigenvalue weighted by atomic mass is 35.5. The summed E-state index contributed by atoms with van der Waals surface area (Å²) < 4.78 is 13.6. The van der Waals surface area contributed by atoms with Crippen LogP contribution in [-0.4, -0.2) is 5.91 Å². The van der Waals surface area contributed by atoms with Crippen molar-refractivity contribution >= 4 is 23.2 Å². The summed E-state index contributed by atoms with van der Waals surface area (Å²) in [5.74, 6) is -0.360. The second-order valence-electron chi connectivity index (χ2n) is 5.58. The van der Waals surface area contributed by atoms with Crippen LogP contribution < -0.4 is 4.90 Å². The van der Waals surface area contributed by atoms with E-state index in [1.165, 1.54) is 19.1 Å². The fourth-order valence-corrected chi connectivity index (χ4v) is 2.87. The number of benzene rings is 2. The second-order valence-corrected chi connectivity index (χ2v) is 6.01. The van der Waals surface area contributed by atoms with E-state index in [0.717, 1.165) is 30.5 Å². The first-order chi connectivity index (χ1) is 11.0. The molecule has 0 saturated heterocycles. The van der Waals surface area contributed by atoms with Gasteiger partial charge in [0.2, 0.25) is 5.91 Å². The Balaban J connectivity index is 2.44. The summed E-state index contributed by atoms with van der Waals surface area (Å²) in [6.07, 6.45) is 2.75. The van der Waals surface area contributed by atoms with Crippen molar-refractivity contribution in [2.75, 3.05) is 4.90 Å². The van der Waals surface area contributed by atoms with Crippen LogP contribution in [-0.2, 0) is 4.79 Å². The third-order valence-corrected chi connectivity index (χ3v) is 4.07. The van der Waals surface area contributed by atoms with E-state index in [1.54, 1.807) is 23.1 Å². The van der Waals surface area contributed by atoms with E-state index >= 15 is 0 Å². The Morgan fingerprint density at radius 2 is 1.91 bits per heavy atom. The minimum Gasteiger partial charge on any atom is -0.305 e. The summed E-state index contributed by atoms with van der Waals surface area (Å²) in [6, 6.07) is 13.4. The average Bonchev–Trinajstić information content (AvgIpc) is 2.52. The Morgan fingerprint density at radius 1 is 1.22 bits per heavy atom. The zero-order valence-electron chi connectivity index (χ0n) is 13.4. The van der Waals surface area contributed by atoms with Crippen LogP contribution in [0.3, 0.4) is 0 Å². The first kappa shape index (κ1) is 17.5. The van der Waals surface area contributed by atoms with Gasteiger partial charge in [0.15, 0.2) is 0 Å². The SMILES string of the molecule is CCCC[C@H](c1cccc(F)c1)N(C(C)=O)c1ccc(Cl)cc1. The molecule has 122 valence electrons. The molecule has 0 fully saturated rings. The number of nitrogens with zero attached hydrogens (tertiary/aromatic N) is 1. The van der Waals surface area contributed by atoms with Crippen LogP contribution in [0.5, 0.6) is 0 Å². The Kier molecular flexibility index (Phi) is 6.17. The third-order valence-electron chi connectivity index (χ3n) is 3.82. The number of anilines is 1. The van der Waals surface area contributed by atoms with Crippen LogP contribution in [0.25, 0.3) is 0 Å². The normalized spacial score (nSPS) is 12.0. The van der Waals surface area contributed by atoms with E-state index in [4.69, 9.17) is 11.6 Å². The van der Waals surface area contributed by atoms with Gasteiger partial charge in [-0.1, -0.05) is 43.5 Å². The van der Waals surface area contributed by atoms with Gasteiger partial charge in [-0.05, 0) is 48.4 Å². The molecule has 0 heterocycles. The molecule has 0 aliphatic heterocycles. The fraction of sp³-hybridized carbons (Fsp3) is 0.316. The summed E-state index contributed by atoms with van der Waals surface area (Å²) in [5, 5.41) is 0.619. The quantitative estimate of drug-likeness (QED) is 0.657. The van der Waals surface area contributed by atoms with Gasteiger partial charge in [-0.2, -0.15) is 0 Å². The zero-order valence-corrected chi connectivity index (χ0v) is 14.2. The number of rotatable bonds is 6. The highest BCUT2D eigenvalue weighted by Gasteiger charge is 2.24. The van der Waals surface area contributed by atoms with Crippen LogP contribution >= 0.6 is 11.6 Å². The molecule has 4 heteroatoms. The molecular formula is C19H21ClFNO. The van der Waals surface area contributed by atoms with Gasteiger partial charge in [-0.3, -0.25) is 4.79 Å². The third kappa shape index (κ3) is 4.55. The molecule has 1 atom stereocenters. The average molecular weight is 334 g/mol. The number of hydrogen-bond acceptors (Lipinski definition) is 1. The lowest BCUT2D eigenvalue weighted by molar-refractivity contribution is -0.117. The lowest BCUT2D eigenvalue weighted by atomic mass is 9.98. The van der Waals surface area contributed by atoms with E-state index in [2.05, 4.69) is 6.92 Å². The summed E-state index contributed by atoms with van der Waals surface area (Å²) in [7, 11) is 0. The number of halogens is 2. The molecule has 2 aromatic rings. The second kappa shape index (κ2) is 8.11. The highest BCUT2D eigenvalue weighted by molar-refractivity contribution is 6.30. The predicted molar refractivity (Wildman–Crippen MR) is 93.3 cm³/mol. The van der Waals surface area contributed by atoms with Crippen molar-refractivity contribution < 1.29 is 9.18 Å². The number of carbonyl (C=O) groups is 1. The van der Waals surface area contributed by atoms with Gasteiger partial charge in [-0.25, -0.2) is 4.39 Å². The molecule has 0 bridgehead atoms. The Bertz CT molecular complexity index is 657. The lowest BCUT2D eigenvalue weighted by Crippen LogP contribution is -2.33. The van der Waals surface area contributed by atoms with Crippen LogP contribution in [0.4, 0.5) is 10.1 Å². The van der Waals surface area contributed by atoms with Gasteiger partial charge < -0.3 is 4.90 Å². The first-order valence-electron chi connectivity index (χ1n) is 7.83. The maximum Gasteiger partial charge on any atom is 0.224 e. The van der Waals surface area contributed by atoms with E-state index in [1.807, 2.05) is 18.2 Å². The van der Waals surface area contributed by atoms with E-state index in [0.29, 0.717) is 5.02 Å². The molecule has 2 aromatic carbocycles. The molecule has 0 aliphatic carbocycles. The minimum atomic E-state index is -0.288. The molecule has 0 N–H and O–H groups in total. The smallest absolute Gasteiger partial charge is 0.224 e. The molecular weight excluding hydrogens is 313 g/mol. The van der Waals surface area contributed by atoms with Gasteiger partial charge >= 0.3 is 0 Å². The maximum absolute atomic E-state index is 13.6. The van der Waals surface area contributed by atoms with E-state index < -0.39 is 0 Å². The Hall–Kier alpha value is -1.87. The number of amides is 1. The molecule has 1 amide bonds. The molecule has 0 aromatic heterocycles. The van der Waals surface area contributed by atoms with Crippen molar-refractivity contribution in [2.45, 2.75) is 39.2 Å². The van der Waals surface area contributed by atoms with E-state index in [-0.39, 0.29) is 17.8 Å². The molecule has 0 radical (unpaired) electrons. The molecule has 23 heavy (non-hydrogen) atoms. The van der Waals surface area contributed by atoms with Crippen LogP contribution in [0.2, 0.25) is 5.02 Å². The van der Waals surface area contributed by atoms with Gasteiger partial charge in [0.25, 0.3) is 0 Å². The van der Waals surface area contributed by atoms with Gasteiger partial charge in [0.1, 0.15) is 5.82 Å². The predicted octanol–water partition coefficient (Wildman–Crippen LogP) is 5.76.